The van der Waals surface area contributed by atoms with Crippen molar-refractivity contribution in [1.82, 2.24) is 9.55 Å². The van der Waals surface area contributed by atoms with Gasteiger partial charge in [0.2, 0.25) is 0 Å². The summed E-state index contributed by atoms with van der Waals surface area (Å²) in [5.74, 6) is -1.60. The van der Waals surface area contributed by atoms with Crippen molar-refractivity contribution in [3.05, 3.63) is 46.9 Å². The second-order valence-electron chi connectivity index (χ2n) is 3.58. The molecule has 0 fully saturated rings. The smallest absolute Gasteiger partial charge is 0.417 e. The molecule has 0 aromatic carbocycles. The van der Waals surface area contributed by atoms with Crippen LogP contribution in [-0.2, 0) is 6.18 Å². The van der Waals surface area contributed by atoms with Crippen molar-refractivity contribution in [2.24, 2.45) is 0 Å². The van der Waals surface area contributed by atoms with Crippen molar-refractivity contribution in [2.45, 2.75) is 6.18 Å². The van der Waals surface area contributed by atoms with Gasteiger partial charge in [0.15, 0.2) is 5.82 Å². The Morgan fingerprint density at radius 2 is 2.11 bits per heavy atom. The van der Waals surface area contributed by atoms with E-state index in [1.807, 2.05) is 0 Å². The van der Waals surface area contributed by atoms with E-state index in [2.05, 4.69) is 4.98 Å². The Morgan fingerprint density at radius 3 is 2.63 bits per heavy atom. The molecule has 0 amide bonds. The predicted molar refractivity (Wildman–Crippen MR) is 57.9 cm³/mol. The Morgan fingerprint density at radius 1 is 1.42 bits per heavy atom. The highest BCUT2D eigenvalue weighted by atomic mass is 35.5. The third-order valence-corrected chi connectivity index (χ3v) is 2.61. The average molecular weight is 290 g/mol. The van der Waals surface area contributed by atoms with Gasteiger partial charge in [0, 0.05) is 12.4 Å². The Balaban J connectivity index is 2.53. The van der Waals surface area contributed by atoms with Gasteiger partial charge in [-0.2, -0.15) is 13.2 Å². The zero-order valence-electron chi connectivity index (χ0n) is 9.11. The molecular formula is C11H5ClF3N2O2-. The molecule has 0 aliphatic rings. The van der Waals surface area contributed by atoms with Crippen molar-refractivity contribution in [2.75, 3.05) is 0 Å². The van der Waals surface area contributed by atoms with Crippen molar-refractivity contribution < 1.29 is 23.1 Å². The van der Waals surface area contributed by atoms with Crippen LogP contribution in [0.25, 0.3) is 5.82 Å². The minimum atomic E-state index is -4.57. The maximum Gasteiger partial charge on any atom is 0.417 e. The maximum atomic E-state index is 12.4. The molecule has 2 aromatic heterocycles. The van der Waals surface area contributed by atoms with E-state index in [1.54, 1.807) is 0 Å². The SMILES string of the molecule is O=C([O-])c1cccn1-c1ncc(C(F)(F)F)cc1Cl. The number of hydrogen-bond donors (Lipinski definition) is 0. The van der Waals surface area contributed by atoms with Gasteiger partial charge in [-0.05, 0) is 18.2 Å². The number of carbonyl (C=O) groups is 1. The topological polar surface area (TPSA) is 57.9 Å². The lowest BCUT2D eigenvalue weighted by molar-refractivity contribution is -0.255. The van der Waals surface area contributed by atoms with Crippen LogP contribution in [0.1, 0.15) is 16.1 Å². The molecule has 2 rings (SSSR count). The molecule has 0 radical (unpaired) electrons. The summed E-state index contributed by atoms with van der Waals surface area (Å²) in [6.07, 6.45) is -2.67. The van der Waals surface area contributed by atoms with Crippen LogP contribution in [0.2, 0.25) is 5.02 Å². The molecule has 0 atom stereocenters. The monoisotopic (exact) mass is 289 g/mol. The van der Waals surface area contributed by atoms with Gasteiger partial charge in [-0.25, -0.2) is 4.98 Å². The molecule has 8 heteroatoms. The van der Waals surface area contributed by atoms with Gasteiger partial charge in [-0.15, -0.1) is 0 Å². The fraction of sp³-hybridized carbons (Fsp3) is 0.0909. The molecule has 0 bridgehead atoms. The number of nitrogens with zero attached hydrogens (tertiary/aromatic N) is 2. The molecule has 2 aromatic rings. The molecule has 2 heterocycles. The summed E-state index contributed by atoms with van der Waals surface area (Å²) < 4.78 is 38.4. The minimum Gasteiger partial charge on any atom is -0.543 e. The first-order valence-electron chi connectivity index (χ1n) is 4.92. The lowest BCUT2D eigenvalue weighted by Crippen LogP contribution is -2.25. The van der Waals surface area contributed by atoms with E-state index in [0.717, 1.165) is 4.57 Å². The fourth-order valence-corrected chi connectivity index (χ4v) is 1.75. The van der Waals surface area contributed by atoms with Crippen molar-refractivity contribution in [3.63, 3.8) is 0 Å². The van der Waals surface area contributed by atoms with Crippen molar-refractivity contribution in [1.29, 1.82) is 0 Å². The second-order valence-corrected chi connectivity index (χ2v) is 3.99. The molecule has 0 aliphatic heterocycles. The van der Waals surface area contributed by atoms with Gasteiger partial charge in [0.25, 0.3) is 0 Å². The first-order valence-corrected chi connectivity index (χ1v) is 5.30. The number of pyridine rings is 1. The molecule has 100 valence electrons. The van der Waals surface area contributed by atoms with Crippen LogP contribution in [0.15, 0.2) is 30.6 Å². The third kappa shape index (κ3) is 2.55. The molecule has 4 nitrogen and oxygen atoms in total. The van der Waals surface area contributed by atoms with E-state index in [1.165, 1.54) is 18.3 Å². The van der Waals surface area contributed by atoms with Gasteiger partial charge in [-0.1, -0.05) is 11.6 Å². The number of carbonyl (C=O) groups excluding carboxylic acids is 1. The molecule has 0 aliphatic carbocycles. The Kier molecular flexibility index (Phi) is 3.23. The molecule has 0 saturated carbocycles. The van der Waals surface area contributed by atoms with Crippen LogP contribution in [0, 0.1) is 0 Å². The molecule has 19 heavy (non-hydrogen) atoms. The van der Waals surface area contributed by atoms with Crippen LogP contribution in [0.4, 0.5) is 13.2 Å². The Bertz CT molecular complexity index is 637. The van der Waals surface area contributed by atoms with Gasteiger partial charge < -0.3 is 9.90 Å². The van der Waals surface area contributed by atoms with Crippen molar-refractivity contribution >= 4 is 17.6 Å². The quantitative estimate of drug-likeness (QED) is 0.848. The van der Waals surface area contributed by atoms with E-state index in [0.29, 0.717) is 12.3 Å². The maximum absolute atomic E-state index is 12.4. The summed E-state index contributed by atoms with van der Waals surface area (Å²) >= 11 is 5.71. The number of carboxylic acid groups (broad SMARTS) is 1. The van der Waals surface area contributed by atoms with Crippen LogP contribution in [-0.4, -0.2) is 15.5 Å². The molecule has 0 spiro atoms. The first kappa shape index (κ1) is 13.4. The highest BCUT2D eigenvalue weighted by molar-refractivity contribution is 6.32. The van der Waals surface area contributed by atoms with Gasteiger partial charge >= 0.3 is 6.18 Å². The second kappa shape index (κ2) is 4.58. The zero-order valence-corrected chi connectivity index (χ0v) is 9.87. The summed E-state index contributed by atoms with van der Waals surface area (Å²) in [7, 11) is 0. The van der Waals surface area contributed by atoms with E-state index in [-0.39, 0.29) is 16.5 Å². The lowest BCUT2D eigenvalue weighted by atomic mass is 10.2. The first-order chi connectivity index (χ1) is 8.80. The number of rotatable bonds is 2. The van der Waals surface area contributed by atoms with E-state index in [4.69, 9.17) is 11.6 Å². The minimum absolute atomic E-state index is 0.112. The molecule has 0 unspecified atom stereocenters. The van der Waals surface area contributed by atoms with Gasteiger partial charge in [0.05, 0.1) is 22.2 Å². The summed E-state index contributed by atoms with van der Waals surface area (Å²) in [6, 6.07) is 3.30. The summed E-state index contributed by atoms with van der Waals surface area (Å²) in [4.78, 5) is 14.4. The zero-order chi connectivity index (χ0) is 14.2. The number of aromatic nitrogens is 2. The number of aromatic carboxylic acids is 1. The summed E-state index contributed by atoms with van der Waals surface area (Å²) in [6.45, 7) is 0. The van der Waals surface area contributed by atoms with E-state index < -0.39 is 17.7 Å². The van der Waals surface area contributed by atoms with E-state index in [9.17, 15) is 23.1 Å². The van der Waals surface area contributed by atoms with Crippen LogP contribution >= 0.6 is 11.6 Å². The molecule has 0 N–H and O–H groups in total. The van der Waals surface area contributed by atoms with Crippen LogP contribution in [0.3, 0.4) is 0 Å². The third-order valence-electron chi connectivity index (χ3n) is 2.34. The largest absolute Gasteiger partial charge is 0.543 e. The highest BCUT2D eigenvalue weighted by Gasteiger charge is 2.31. The summed E-state index contributed by atoms with van der Waals surface area (Å²) in [5.41, 5.74) is -1.27. The molecular weight excluding hydrogens is 285 g/mol. The normalized spacial score (nSPS) is 11.6. The summed E-state index contributed by atoms with van der Waals surface area (Å²) in [5, 5.41) is 10.5. The fourth-order valence-electron chi connectivity index (χ4n) is 1.49. The number of halogens is 4. The molecule has 0 saturated heterocycles. The van der Waals surface area contributed by atoms with Gasteiger partial charge in [0.1, 0.15) is 0 Å². The van der Waals surface area contributed by atoms with Crippen LogP contribution < -0.4 is 5.11 Å². The predicted octanol–water partition coefficient (Wildman–Crippen LogP) is 1.91. The lowest BCUT2D eigenvalue weighted by Gasteiger charge is -2.12. The standard InChI is InChI=1S/C11H6ClF3N2O2/c12-7-4-6(11(13,14)15)5-16-9(7)17-3-1-2-8(17)10(18)19/h1-5H,(H,18,19)/p-1. The van der Waals surface area contributed by atoms with Crippen molar-refractivity contribution in [3.8, 4) is 5.82 Å². The van der Waals surface area contributed by atoms with Crippen LogP contribution in [0.5, 0.6) is 0 Å². The van der Waals surface area contributed by atoms with E-state index >= 15 is 0 Å². The highest BCUT2D eigenvalue weighted by Crippen LogP contribution is 2.32. The Labute approximate surface area is 110 Å². The number of carboxylic acids is 1. The number of alkyl halides is 3. The average Bonchev–Trinajstić information content (AvgIpc) is 2.76. The number of hydrogen-bond acceptors (Lipinski definition) is 3. The van der Waals surface area contributed by atoms with Gasteiger partial charge in [-0.3, -0.25) is 4.57 Å². The Hall–Kier alpha value is -2.02.